The van der Waals surface area contributed by atoms with Gasteiger partial charge in [0.25, 0.3) is 0 Å². The van der Waals surface area contributed by atoms with E-state index in [1.165, 1.54) is 0 Å². The molecule has 20 heavy (non-hydrogen) atoms. The van der Waals surface area contributed by atoms with E-state index in [-0.39, 0.29) is 0 Å². The van der Waals surface area contributed by atoms with Crippen molar-refractivity contribution in [1.29, 1.82) is 5.26 Å². The summed E-state index contributed by atoms with van der Waals surface area (Å²) in [7, 11) is 0. The average molecular weight is 259 g/mol. The smallest absolute Gasteiger partial charge is 0.149 e. The minimum atomic E-state index is 0.423. The van der Waals surface area contributed by atoms with Crippen molar-refractivity contribution >= 4 is 16.6 Å². The molecule has 0 aliphatic rings. The number of aryl methyl sites for hydroxylation is 1. The van der Waals surface area contributed by atoms with Crippen LogP contribution >= 0.6 is 0 Å². The number of pyridine rings is 1. The van der Waals surface area contributed by atoms with Gasteiger partial charge in [0.15, 0.2) is 0 Å². The highest BCUT2D eigenvalue weighted by Crippen LogP contribution is 2.28. The van der Waals surface area contributed by atoms with Crippen molar-refractivity contribution in [3.8, 4) is 17.2 Å². The second-order valence-corrected chi connectivity index (χ2v) is 4.76. The number of hydrogen-bond donors (Lipinski definition) is 1. The molecule has 0 saturated carbocycles. The predicted molar refractivity (Wildman–Crippen MR) is 81.0 cm³/mol. The SMILES string of the molecule is Cc1ccc(-c2cc3ccccc3nc2C#N)cc1N. The van der Waals surface area contributed by atoms with E-state index in [9.17, 15) is 5.26 Å². The molecular formula is C17H13N3. The summed E-state index contributed by atoms with van der Waals surface area (Å²) in [6.07, 6.45) is 0. The molecule has 2 aromatic carbocycles. The van der Waals surface area contributed by atoms with Crippen LogP contribution in [0.25, 0.3) is 22.0 Å². The number of fused-ring (bicyclic) bond motifs is 1. The zero-order valence-corrected chi connectivity index (χ0v) is 11.1. The quantitative estimate of drug-likeness (QED) is 0.678. The van der Waals surface area contributed by atoms with Crippen LogP contribution in [0.15, 0.2) is 48.5 Å². The molecule has 2 N–H and O–H groups in total. The van der Waals surface area contributed by atoms with Crippen LogP contribution < -0.4 is 5.73 Å². The lowest BCUT2D eigenvalue weighted by Gasteiger charge is -2.08. The first kappa shape index (κ1) is 12.2. The van der Waals surface area contributed by atoms with Crippen LogP contribution in [-0.2, 0) is 0 Å². The molecule has 0 radical (unpaired) electrons. The lowest BCUT2D eigenvalue weighted by Crippen LogP contribution is -1.94. The third-order valence-electron chi connectivity index (χ3n) is 3.42. The monoisotopic (exact) mass is 259 g/mol. The van der Waals surface area contributed by atoms with Gasteiger partial charge in [-0.1, -0.05) is 30.3 Å². The number of para-hydroxylation sites is 1. The number of nitrogen functional groups attached to an aromatic ring is 1. The predicted octanol–water partition coefficient (Wildman–Crippen LogP) is 3.66. The van der Waals surface area contributed by atoms with Crippen molar-refractivity contribution in [2.24, 2.45) is 0 Å². The number of rotatable bonds is 1. The lowest BCUT2D eigenvalue weighted by atomic mass is 10.00. The molecule has 3 heteroatoms. The van der Waals surface area contributed by atoms with Gasteiger partial charge in [0, 0.05) is 16.6 Å². The van der Waals surface area contributed by atoms with Crippen LogP contribution in [-0.4, -0.2) is 4.98 Å². The Bertz CT molecular complexity index is 844. The van der Waals surface area contributed by atoms with E-state index < -0.39 is 0 Å². The van der Waals surface area contributed by atoms with Crippen LogP contribution in [0.4, 0.5) is 5.69 Å². The Morgan fingerprint density at radius 1 is 1.10 bits per heavy atom. The number of anilines is 1. The van der Waals surface area contributed by atoms with Gasteiger partial charge >= 0.3 is 0 Å². The summed E-state index contributed by atoms with van der Waals surface area (Å²) in [6.45, 7) is 1.96. The molecule has 1 heterocycles. The molecule has 96 valence electrons. The molecule has 0 saturated heterocycles. The zero-order chi connectivity index (χ0) is 14.1. The number of nitriles is 1. The number of nitrogens with two attached hydrogens (primary N) is 1. The second-order valence-electron chi connectivity index (χ2n) is 4.76. The van der Waals surface area contributed by atoms with Gasteiger partial charge < -0.3 is 5.73 Å². The largest absolute Gasteiger partial charge is 0.398 e. The fraction of sp³-hybridized carbons (Fsp3) is 0.0588. The van der Waals surface area contributed by atoms with Gasteiger partial charge in [0.2, 0.25) is 0 Å². The molecule has 3 nitrogen and oxygen atoms in total. The van der Waals surface area contributed by atoms with Crippen molar-refractivity contribution in [2.45, 2.75) is 6.92 Å². The molecule has 0 unspecified atom stereocenters. The maximum absolute atomic E-state index is 9.32. The average Bonchev–Trinajstić information content (AvgIpc) is 2.48. The molecular weight excluding hydrogens is 246 g/mol. The van der Waals surface area contributed by atoms with E-state index in [2.05, 4.69) is 11.1 Å². The van der Waals surface area contributed by atoms with Crippen LogP contribution in [0, 0.1) is 18.3 Å². The van der Waals surface area contributed by atoms with Crippen LogP contribution in [0.2, 0.25) is 0 Å². The molecule has 0 atom stereocenters. The lowest BCUT2D eigenvalue weighted by molar-refractivity contribution is 1.32. The number of nitrogens with zero attached hydrogens (tertiary/aromatic N) is 2. The topological polar surface area (TPSA) is 62.7 Å². The van der Waals surface area contributed by atoms with E-state index >= 15 is 0 Å². The summed E-state index contributed by atoms with van der Waals surface area (Å²) in [6, 6.07) is 17.8. The highest BCUT2D eigenvalue weighted by atomic mass is 14.7. The summed E-state index contributed by atoms with van der Waals surface area (Å²) in [5.74, 6) is 0. The van der Waals surface area contributed by atoms with Gasteiger partial charge in [-0.2, -0.15) is 5.26 Å². The van der Waals surface area contributed by atoms with Gasteiger partial charge in [-0.15, -0.1) is 0 Å². The summed E-state index contributed by atoms with van der Waals surface area (Å²) in [4.78, 5) is 4.42. The number of aromatic nitrogens is 1. The Balaban J connectivity index is 2.29. The molecule has 0 amide bonds. The second kappa shape index (κ2) is 4.67. The van der Waals surface area contributed by atoms with Crippen LogP contribution in [0.5, 0.6) is 0 Å². The van der Waals surface area contributed by atoms with Crippen molar-refractivity contribution in [3.05, 3.63) is 59.8 Å². The van der Waals surface area contributed by atoms with Crippen molar-refractivity contribution < 1.29 is 0 Å². The fourth-order valence-electron chi connectivity index (χ4n) is 2.23. The summed E-state index contributed by atoms with van der Waals surface area (Å²) < 4.78 is 0. The normalized spacial score (nSPS) is 10.4. The molecule has 0 fully saturated rings. The minimum absolute atomic E-state index is 0.423. The third-order valence-corrected chi connectivity index (χ3v) is 3.42. The first-order chi connectivity index (χ1) is 9.69. The standard InChI is InChI=1S/C17H13N3/c1-11-6-7-12(9-15(11)19)14-8-13-4-2-3-5-16(13)20-17(14)10-18/h2-9H,19H2,1H3. The van der Waals surface area contributed by atoms with Gasteiger partial charge in [-0.3, -0.25) is 0 Å². The third kappa shape index (κ3) is 1.98. The number of hydrogen-bond acceptors (Lipinski definition) is 3. The maximum atomic E-state index is 9.32. The highest BCUT2D eigenvalue weighted by molar-refractivity contribution is 5.86. The summed E-state index contributed by atoms with van der Waals surface area (Å²) in [5, 5.41) is 10.3. The van der Waals surface area contributed by atoms with Crippen molar-refractivity contribution in [1.82, 2.24) is 4.98 Å². The van der Waals surface area contributed by atoms with Crippen molar-refractivity contribution in [2.75, 3.05) is 5.73 Å². The maximum Gasteiger partial charge on any atom is 0.149 e. The molecule has 0 aliphatic carbocycles. The van der Waals surface area contributed by atoms with Gasteiger partial charge in [0.05, 0.1) is 5.52 Å². The van der Waals surface area contributed by atoms with E-state index in [1.807, 2.05) is 55.5 Å². The molecule has 3 aromatic rings. The molecule has 3 rings (SSSR count). The Kier molecular flexibility index (Phi) is 2.85. The summed E-state index contributed by atoms with van der Waals surface area (Å²) in [5.41, 5.74) is 10.7. The first-order valence-corrected chi connectivity index (χ1v) is 6.35. The van der Waals surface area contributed by atoms with E-state index in [0.717, 1.165) is 33.3 Å². The molecule has 0 spiro atoms. The Labute approximate surface area is 117 Å². The first-order valence-electron chi connectivity index (χ1n) is 6.35. The summed E-state index contributed by atoms with van der Waals surface area (Å²) >= 11 is 0. The Hall–Kier alpha value is -2.86. The van der Waals surface area contributed by atoms with Gasteiger partial charge in [-0.25, -0.2) is 4.98 Å². The van der Waals surface area contributed by atoms with Crippen LogP contribution in [0.1, 0.15) is 11.3 Å². The minimum Gasteiger partial charge on any atom is -0.398 e. The Morgan fingerprint density at radius 2 is 1.90 bits per heavy atom. The fourth-order valence-corrected chi connectivity index (χ4v) is 2.23. The Morgan fingerprint density at radius 3 is 2.65 bits per heavy atom. The molecule has 0 aliphatic heterocycles. The van der Waals surface area contributed by atoms with Crippen LogP contribution in [0.3, 0.4) is 0 Å². The zero-order valence-electron chi connectivity index (χ0n) is 11.1. The highest BCUT2D eigenvalue weighted by Gasteiger charge is 2.09. The molecule has 0 bridgehead atoms. The van der Waals surface area contributed by atoms with E-state index in [4.69, 9.17) is 5.73 Å². The van der Waals surface area contributed by atoms with E-state index in [1.54, 1.807) is 0 Å². The number of benzene rings is 2. The van der Waals surface area contributed by atoms with Gasteiger partial charge in [-0.05, 0) is 36.2 Å². The van der Waals surface area contributed by atoms with E-state index in [0.29, 0.717) is 5.69 Å². The molecule has 1 aromatic heterocycles. The van der Waals surface area contributed by atoms with Gasteiger partial charge in [0.1, 0.15) is 11.8 Å². The van der Waals surface area contributed by atoms with Crippen molar-refractivity contribution in [3.63, 3.8) is 0 Å².